The Balaban J connectivity index is 1.44. The Morgan fingerprint density at radius 1 is 1.03 bits per heavy atom. The van der Waals surface area contributed by atoms with Crippen LogP contribution in [-0.4, -0.2) is 48.1 Å². The Morgan fingerprint density at radius 3 is 2.55 bits per heavy atom. The molecule has 164 valence electrons. The number of carbonyl (C=O) groups is 2. The number of para-hydroxylation sites is 1. The summed E-state index contributed by atoms with van der Waals surface area (Å²) in [6.45, 7) is 6.08. The first-order chi connectivity index (χ1) is 15.0. The van der Waals surface area contributed by atoms with Crippen LogP contribution < -0.4 is 15.5 Å². The number of rotatable bonds is 5. The predicted molar refractivity (Wildman–Crippen MR) is 123 cm³/mol. The zero-order valence-electron chi connectivity index (χ0n) is 18.4. The molecule has 0 spiro atoms. The van der Waals surface area contributed by atoms with E-state index >= 15 is 0 Å². The molecule has 0 aliphatic carbocycles. The zero-order chi connectivity index (χ0) is 21.8. The van der Waals surface area contributed by atoms with Crippen LogP contribution in [0.4, 0.5) is 10.5 Å². The molecule has 0 bridgehead atoms. The minimum atomic E-state index is -0.0380. The van der Waals surface area contributed by atoms with E-state index in [1.54, 1.807) is 0 Å². The molecule has 2 aromatic carbocycles. The van der Waals surface area contributed by atoms with Crippen molar-refractivity contribution in [1.29, 1.82) is 0 Å². The summed E-state index contributed by atoms with van der Waals surface area (Å²) in [6, 6.07) is 18.6. The maximum absolute atomic E-state index is 12.9. The summed E-state index contributed by atoms with van der Waals surface area (Å²) in [7, 11) is 0. The number of hydrogen-bond donors (Lipinski definition) is 2. The van der Waals surface area contributed by atoms with Crippen molar-refractivity contribution in [3.8, 4) is 0 Å². The predicted octanol–water partition coefficient (Wildman–Crippen LogP) is 3.32. The van der Waals surface area contributed by atoms with E-state index in [0.29, 0.717) is 25.6 Å². The maximum Gasteiger partial charge on any atom is 0.322 e. The van der Waals surface area contributed by atoms with Gasteiger partial charge in [0.05, 0.1) is 6.42 Å². The number of anilines is 1. The summed E-state index contributed by atoms with van der Waals surface area (Å²) in [5, 5.41) is 6.18. The molecule has 2 aromatic rings. The molecule has 2 aliphatic rings. The summed E-state index contributed by atoms with van der Waals surface area (Å²) in [5.74, 6) is 0.0582. The van der Waals surface area contributed by atoms with E-state index in [4.69, 9.17) is 0 Å². The fourth-order valence-electron chi connectivity index (χ4n) is 4.69. The van der Waals surface area contributed by atoms with Crippen LogP contribution in [0.2, 0.25) is 0 Å². The highest BCUT2D eigenvalue weighted by Gasteiger charge is 2.38. The highest BCUT2D eigenvalue weighted by molar-refractivity contribution is 5.93. The largest absolute Gasteiger partial charge is 0.354 e. The molecule has 2 aliphatic heterocycles. The van der Waals surface area contributed by atoms with Crippen LogP contribution in [0.1, 0.15) is 37.8 Å². The molecule has 3 amide bonds. The lowest BCUT2D eigenvalue weighted by Crippen LogP contribution is -2.49. The van der Waals surface area contributed by atoms with Gasteiger partial charge in [0.2, 0.25) is 5.91 Å². The molecule has 2 heterocycles. The van der Waals surface area contributed by atoms with Crippen LogP contribution in [0, 0.1) is 0 Å². The van der Waals surface area contributed by atoms with Gasteiger partial charge in [-0.15, -0.1) is 0 Å². The number of nitrogens with zero attached hydrogens (tertiary/aromatic N) is 2. The summed E-state index contributed by atoms with van der Waals surface area (Å²) < 4.78 is 0. The standard InChI is InChI=1S/C25H32N4O2/c1-18(2)27-25(31)29-17-22-13-12-21(28(22)16-20-10-6-7-11-23(20)29)15-26-24(30)14-19-8-4-3-5-9-19/h3-11,18,21-22H,12-17H2,1-2H3,(H,26,30)(H,27,31)/t21-,22-/m1/s1. The molecule has 0 saturated carbocycles. The smallest absolute Gasteiger partial charge is 0.322 e. The first-order valence-corrected chi connectivity index (χ1v) is 11.2. The molecule has 31 heavy (non-hydrogen) atoms. The van der Waals surface area contributed by atoms with Crippen LogP contribution in [0.3, 0.4) is 0 Å². The van der Waals surface area contributed by atoms with E-state index < -0.39 is 0 Å². The summed E-state index contributed by atoms with van der Waals surface area (Å²) in [6.07, 6.45) is 2.46. The lowest BCUT2D eigenvalue weighted by molar-refractivity contribution is -0.120. The first-order valence-electron chi connectivity index (χ1n) is 11.2. The van der Waals surface area contributed by atoms with Crippen molar-refractivity contribution in [3.63, 3.8) is 0 Å². The van der Waals surface area contributed by atoms with E-state index in [1.807, 2.05) is 67.3 Å². The first kappa shape index (κ1) is 21.4. The molecular weight excluding hydrogens is 388 g/mol. The molecule has 6 heteroatoms. The Bertz CT molecular complexity index is 915. The Hall–Kier alpha value is -2.86. The Morgan fingerprint density at radius 2 is 1.77 bits per heavy atom. The SMILES string of the molecule is CC(C)NC(=O)N1C[C@H]2CC[C@H](CNC(=O)Cc3ccccc3)N2Cc2ccccc21. The van der Waals surface area contributed by atoms with Crippen LogP contribution >= 0.6 is 0 Å². The highest BCUT2D eigenvalue weighted by atomic mass is 16.2. The molecule has 4 rings (SSSR count). The zero-order valence-corrected chi connectivity index (χ0v) is 18.4. The van der Waals surface area contributed by atoms with E-state index in [9.17, 15) is 9.59 Å². The number of benzene rings is 2. The second-order valence-corrected chi connectivity index (χ2v) is 8.87. The van der Waals surface area contributed by atoms with E-state index in [2.05, 4.69) is 21.6 Å². The van der Waals surface area contributed by atoms with Crippen molar-refractivity contribution in [2.24, 2.45) is 0 Å². The number of fused-ring (bicyclic) bond motifs is 2. The fourth-order valence-corrected chi connectivity index (χ4v) is 4.69. The molecule has 0 unspecified atom stereocenters. The van der Waals surface area contributed by atoms with Crippen LogP contribution in [0.25, 0.3) is 0 Å². The van der Waals surface area contributed by atoms with Gasteiger partial charge in [0.25, 0.3) is 0 Å². The van der Waals surface area contributed by atoms with Gasteiger partial charge in [0, 0.05) is 43.4 Å². The summed E-state index contributed by atoms with van der Waals surface area (Å²) >= 11 is 0. The molecule has 0 radical (unpaired) electrons. The van der Waals surface area contributed by atoms with Crippen molar-refractivity contribution in [2.75, 3.05) is 18.0 Å². The molecule has 1 fully saturated rings. The lowest BCUT2D eigenvalue weighted by Gasteiger charge is -2.30. The minimum Gasteiger partial charge on any atom is -0.354 e. The van der Waals surface area contributed by atoms with E-state index in [0.717, 1.165) is 36.2 Å². The van der Waals surface area contributed by atoms with Gasteiger partial charge in [-0.25, -0.2) is 4.79 Å². The third kappa shape index (κ3) is 5.07. The molecule has 6 nitrogen and oxygen atoms in total. The van der Waals surface area contributed by atoms with Crippen LogP contribution in [0.15, 0.2) is 54.6 Å². The maximum atomic E-state index is 12.9. The average Bonchev–Trinajstić information content (AvgIpc) is 3.03. The van der Waals surface area contributed by atoms with Crippen molar-refractivity contribution >= 4 is 17.6 Å². The third-order valence-electron chi connectivity index (χ3n) is 6.20. The molecule has 0 aromatic heterocycles. The van der Waals surface area contributed by atoms with Gasteiger partial charge in [-0.1, -0.05) is 48.5 Å². The topological polar surface area (TPSA) is 64.7 Å². The number of amides is 3. The van der Waals surface area contributed by atoms with E-state index in [1.165, 1.54) is 0 Å². The third-order valence-corrected chi connectivity index (χ3v) is 6.20. The van der Waals surface area contributed by atoms with Crippen molar-refractivity contribution < 1.29 is 9.59 Å². The average molecular weight is 421 g/mol. The Labute approximate surface area is 184 Å². The quantitative estimate of drug-likeness (QED) is 0.780. The van der Waals surface area contributed by atoms with Crippen molar-refractivity contribution in [1.82, 2.24) is 15.5 Å². The monoisotopic (exact) mass is 420 g/mol. The summed E-state index contributed by atoms with van der Waals surface area (Å²) in [5.41, 5.74) is 3.17. The van der Waals surface area contributed by atoms with Crippen molar-refractivity contribution in [2.45, 2.75) is 57.8 Å². The van der Waals surface area contributed by atoms with Gasteiger partial charge in [-0.2, -0.15) is 0 Å². The number of carbonyl (C=O) groups excluding carboxylic acids is 2. The minimum absolute atomic E-state index is 0.0380. The van der Waals surface area contributed by atoms with E-state index in [-0.39, 0.29) is 24.0 Å². The molecule has 2 N–H and O–H groups in total. The highest BCUT2D eigenvalue weighted by Crippen LogP contribution is 2.34. The Kier molecular flexibility index (Phi) is 6.56. The number of urea groups is 1. The molecule has 2 atom stereocenters. The van der Waals surface area contributed by atoms with Gasteiger partial charge in [-0.3, -0.25) is 14.6 Å². The van der Waals surface area contributed by atoms with Crippen LogP contribution in [0.5, 0.6) is 0 Å². The van der Waals surface area contributed by atoms with Crippen LogP contribution in [-0.2, 0) is 17.8 Å². The van der Waals surface area contributed by atoms with Gasteiger partial charge in [0.1, 0.15) is 0 Å². The molecular formula is C25H32N4O2. The number of hydrogen-bond acceptors (Lipinski definition) is 3. The van der Waals surface area contributed by atoms with Gasteiger partial charge in [0.15, 0.2) is 0 Å². The van der Waals surface area contributed by atoms with Gasteiger partial charge >= 0.3 is 6.03 Å². The van der Waals surface area contributed by atoms with Gasteiger partial charge < -0.3 is 10.6 Å². The second-order valence-electron chi connectivity index (χ2n) is 8.87. The molecule has 1 saturated heterocycles. The van der Waals surface area contributed by atoms with Gasteiger partial charge in [-0.05, 0) is 43.9 Å². The fraction of sp³-hybridized carbons (Fsp3) is 0.440. The summed E-state index contributed by atoms with van der Waals surface area (Å²) in [4.78, 5) is 29.7. The van der Waals surface area contributed by atoms with Crippen molar-refractivity contribution in [3.05, 3.63) is 65.7 Å². The lowest BCUT2D eigenvalue weighted by atomic mass is 10.1. The number of nitrogens with one attached hydrogen (secondary N) is 2. The normalized spacial score (nSPS) is 20.7. The second kappa shape index (κ2) is 9.52.